The largest absolute Gasteiger partial charge is 0.388 e. The van der Waals surface area contributed by atoms with Gasteiger partial charge in [-0.25, -0.2) is 0 Å². The number of rotatable bonds is 3. The molecule has 0 unspecified atom stereocenters. The summed E-state index contributed by atoms with van der Waals surface area (Å²) in [5, 5.41) is 16.4. The Hall–Kier alpha value is -1.40. The molecular formula is C11H16N2O4. The Balaban J connectivity index is 1.90. The first-order valence-electron chi connectivity index (χ1n) is 5.60. The number of nitrogens with one attached hydrogen (secondary N) is 1. The van der Waals surface area contributed by atoms with Crippen molar-refractivity contribution in [1.82, 2.24) is 10.5 Å². The van der Waals surface area contributed by atoms with E-state index in [1.807, 2.05) is 0 Å². The average Bonchev–Trinajstić information content (AvgIpc) is 2.74. The zero-order valence-corrected chi connectivity index (χ0v) is 9.73. The molecule has 1 aromatic heterocycles. The van der Waals surface area contributed by atoms with Crippen LogP contribution in [0.4, 0.5) is 0 Å². The molecule has 0 atom stereocenters. The first kappa shape index (κ1) is 12.1. The minimum Gasteiger partial charge on any atom is -0.388 e. The summed E-state index contributed by atoms with van der Waals surface area (Å²) in [5.41, 5.74) is -0.459. The van der Waals surface area contributed by atoms with E-state index in [2.05, 4.69) is 10.5 Å². The molecule has 6 nitrogen and oxygen atoms in total. The fraction of sp³-hybridized carbons (Fsp3) is 0.636. The van der Waals surface area contributed by atoms with Crippen LogP contribution in [0.15, 0.2) is 10.7 Å². The maximum Gasteiger partial charge on any atom is 0.256 e. The minimum absolute atomic E-state index is 0.222. The fourth-order valence-corrected chi connectivity index (χ4v) is 1.78. The molecule has 1 aromatic rings. The molecule has 0 aromatic carbocycles. The van der Waals surface area contributed by atoms with Crippen LogP contribution in [-0.4, -0.2) is 41.5 Å². The van der Waals surface area contributed by atoms with E-state index in [1.165, 1.54) is 6.20 Å². The number of hydrogen-bond acceptors (Lipinski definition) is 5. The van der Waals surface area contributed by atoms with Crippen LogP contribution in [0.25, 0.3) is 0 Å². The number of aliphatic hydroxyl groups is 1. The van der Waals surface area contributed by atoms with Crippen molar-refractivity contribution in [2.45, 2.75) is 25.4 Å². The van der Waals surface area contributed by atoms with Gasteiger partial charge in [-0.3, -0.25) is 4.79 Å². The number of amides is 1. The van der Waals surface area contributed by atoms with E-state index in [0.717, 1.165) is 0 Å². The van der Waals surface area contributed by atoms with E-state index in [-0.39, 0.29) is 12.5 Å². The lowest BCUT2D eigenvalue weighted by Crippen LogP contribution is -2.46. The van der Waals surface area contributed by atoms with Crippen molar-refractivity contribution in [3.63, 3.8) is 0 Å². The molecule has 94 valence electrons. The lowest BCUT2D eigenvalue weighted by Gasteiger charge is -2.31. The van der Waals surface area contributed by atoms with Gasteiger partial charge in [-0.15, -0.1) is 0 Å². The SMILES string of the molecule is Cc1oncc1C(=O)NCC1(O)CCOCC1. The molecule has 1 aliphatic heterocycles. The molecule has 1 saturated heterocycles. The number of carbonyl (C=O) groups excluding carboxylic acids is 1. The lowest BCUT2D eigenvalue weighted by molar-refractivity contribution is -0.0605. The highest BCUT2D eigenvalue weighted by atomic mass is 16.5. The lowest BCUT2D eigenvalue weighted by atomic mass is 9.94. The van der Waals surface area contributed by atoms with Crippen LogP contribution in [0, 0.1) is 6.92 Å². The number of aryl methyl sites for hydroxylation is 1. The molecule has 0 bridgehead atoms. The van der Waals surface area contributed by atoms with Crippen LogP contribution in [-0.2, 0) is 4.74 Å². The zero-order valence-electron chi connectivity index (χ0n) is 9.73. The van der Waals surface area contributed by atoms with Crippen molar-refractivity contribution in [2.24, 2.45) is 0 Å². The van der Waals surface area contributed by atoms with Crippen molar-refractivity contribution < 1.29 is 19.2 Å². The van der Waals surface area contributed by atoms with Gasteiger partial charge in [0.25, 0.3) is 5.91 Å². The number of carbonyl (C=O) groups is 1. The Kier molecular flexibility index (Phi) is 3.44. The number of ether oxygens (including phenoxy) is 1. The minimum atomic E-state index is -0.862. The molecule has 6 heteroatoms. The topological polar surface area (TPSA) is 84.6 Å². The van der Waals surface area contributed by atoms with Crippen LogP contribution in [0.5, 0.6) is 0 Å². The summed E-state index contributed by atoms with van der Waals surface area (Å²) in [6, 6.07) is 0. The highest BCUT2D eigenvalue weighted by Crippen LogP contribution is 2.19. The third-order valence-electron chi connectivity index (χ3n) is 3.00. The van der Waals surface area contributed by atoms with Crippen LogP contribution < -0.4 is 5.32 Å². The molecule has 0 spiro atoms. The molecular weight excluding hydrogens is 224 g/mol. The first-order chi connectivity index (χ1) is 8.11. The summed E-state index contributed by atoms with van der Waals surface area (Å²) in [5.74, 6) is 0.199. The molecule has 0 radical (unpaired) electrons. The second-order valence-electron chi connectivity index (χ2n) is 4.32. The van der Waals surface area contributed by atoms with Crippen molar-refractivity contribution >= 4 is 5.91 Å². The van der Waals surface area contributed by atoms with E-state index in [0.29, 0.717) is 37.4 Å². The smallest absolute Gasteiger partial charge is 0.256 e. The molecule has 2 heterocycles. The van der Waals surface area contributed by atoms with Gasteiger partial charge >= 0.3 is 0 Å². The van der Waals surface area contributed by atoms with Crippen LogP contribution in [0.2, 0.25) is 0 Å². The standard InChI is InChI=1S/C11H16N2O4/c1-8-9(6-13-17-8)10(14)12-7-11(15)2-4-16-5-3-11/h6,15H,2-5,7H2,1H3,(H,12,14). The summed E-state index contributed by atoms with van der Waals surface area (Å²) >= 11 is 0. The van der Waals surface area contributed by atoms with Gasteiger partial charge in [0.2, 0.25) is 0 Å². The van der Waals surface area contributed by atoms with Crippen molar-refractivity contribution in [1.29, 1.82) is 0 Å². The Morgan fingerprint density at radius 3 is 2.88 bits per heavy atom. The van der Waals surface area contributed by atoms with E-state index < -0.39 is 5.60 Å². The highest BCUT2D eigenvalue weighted by Gasteiger charge is 2.30. The van der Waals surface area contributed by atoms with E-state index in [4.69, 9.17) is 9.26 Å². The molecule has 1 aliphatic rings. The van der Waals surface area contributed by atoms with Gasteiger partial charge in [-0.1, -0.05) is 5.16 Å². The van der Waals surface area contributed by atoms with Crippen LogP contribution in [0.3, 0.4) is 0 Å². The summed E-state index contributed by atoms with van der Waals surface area (Å²) in [7, 11) is 0. The second-order valence-corrected chi connectivity index (χ2v) is 4.32. The Bertz CT molecular complexity index is 396. The quantitative estimate of drug-likeness (QED) is 0.791. The van der Waals surface area contributed by atoms with Gasteiger partial charge in [0.1, 0.15) is 11.3 Å². The Morgan fingerprint density at radius 2 is 2.29 bits per heavy atom. The molecule has 1 amide bonds. The predicted octanol–water partition coefficient (Wildman–Crippen LogP) is 0.254. The van der Waals surface area contributed by atoms with Gasteiger partial charge in [0.15, 0.2) is 0 Å². The van der Waals surface area contributed by atoms with Gasteiger partial charge < -0.3 is 19.7 Å². The fourth-order valence-electron chi connectivity index (χ4n) is 1.78. The summed E-state index contributed by atoms with van der Waals surface area (Å²) in [6.07, 6.45) is 2.45. The van der Waals surface area contributed by atoms with Crippen molar-refractivity contribution in [3.05, 3.63) is 17.5 Å². The monoisotopic (exact) mass is 240 g/mol. The van der Waals surface area contributed by atoms with E-state index >= 15 is 0 Å². The molecule has 2 rings (SSSR count). The van der Waals surface area contributed by atoms with E-state index in [9.17, 15) is 9.90 Å². The first-order valence-corrected chi connectivity index (χ1v) is 5.60. The summed E-state index contributed by atoms with van der Waals surface area (Å²) in [4.78, 5) is 11.8. The average molecular weight is 240 g/mol. The maximum atomic E-state index is 11.8. The van der Waals surface area contributed by atoms with Crippen LogP contribution >= 0.6 is 0 Å². The third-order valence-corrected chi connectivity index (χ3v) is 3.00. The summed E-state index contributed by atoms with van der Waals surface area (Å²) < 4.78 is 9.97. The number of nitrogens with zero attached hydrogens (tertiary/aromatic N) is 1. The predicted molar refractivity (Wildman–Crippen MR) is 58.6 cm³/mol. The van der Waals surface area contributed by atoms with Gasteiger partial charge in [-0.05, 0) is 6.92 Å². The highest BCUT2D eigenvalue weighted by molar-refractivity contribution is 5.94. The third kappa shape index (κ3) is 2.83. The van der Waals surface area contributed by atoms with Gasteiger partial charge in [0, 0.05) is 32.6 Å². The number of hydrogen-bond donors (Lipinski definition) is 2. The summed E-state index contributed by atoms with van der Waals surface area (Å²) in [6.45, 7) is 2.95. The van der Waals surface area contributed by atoms with Gasteiger partial charge in [-0.2, -0.15) is 0 Å². The Labute approximate surface area is 98.9 Å². The van der Waals surface area contributed by atoms with Gasteiger partial charge in [0.05, 0.1) is 11.8 Å². The molecule has 1 fully saturated rings. The number of aromatic nitrogens is 1. The normalized spacial score (nSPS) is 18.9. The maximum absolute atomic E-state index is 11.8. The molecule has 17 heavy (non-hydrogen) atoms. The van der Waals surface area contributed by atoms with Crippen LogP contribution in [0.1, 0.15) is 29.0 Å². The zero-order chi connectivity index (χ0) is 12.3. The Morgan fingerprint density at radius 1 is 1.59 bits per heavy atom. The molecule has 2 N–H and O–H groups in total. The van der Waals surface area contributed by atoms with Crippen molar-refractivity contribution in [3.8, 4) is 0 Å². The second kappa shape index (κ2) is 4.85. The van der Waals surface area contributed by atoms with E-state index in [1.54, 1.807) is 6.92 Å². The molecule has 0 aliphatic carbocycles. The van der Waals surface area contributed by atoms with Crippen molar-refractivity contribution in [2.75, 3.05) is 19.8 Å². The molecule has 0 saturated carbocycles.